The minimum Gasteiger partial charge on any atom is -0.493 e. The molecule has 0 bridgehead atoms. The highest BCUT2D eigenvalue weighted by Gasteiger charge is 2.10. The second-order valence-electron chi connectivity index (χ2n) is 3.87. The third-order valence-corrected chi connectivity index (χ3v) is 3.54. The Labute approximate surface area is 113 Å². The molecule has 0 aliphatic carbocycles. The van der Waals surface area contributed by atoms with Crippen LogP contribution in [-0.4, -0.2) is 26.2 Å². The fourth-order valence-corrected chi connectivity index (χ4v) is 2.34. The van der Waals surface area contributed by atoms with Crippen LogP contribution in [0, 0.1) is 0 Å². The van der Waals surface area contributed by atoms with Gasteiger partial charge in [-0.15, -0.1) is 0 Å². The fourth-order valence-electron chi connectivity index (χ4n) is 1.47. The van der Waals surface area contributed by atoms with Crippen molar-refractivity contribution >= 4 is 17.5 Å². The first-order valence-electron chi connectivity index (χ1n) is 5.56. The lowest BCUT2D eigenvalue weighted by molar-refractivity contribution is 0.102. The number of aromatic nitrogens is 2. The van der Waals surface area contributed by atoms with Crippen LogP contribution >= 0.6 is 11.8 Å². The van der Waals surface area contributed by atoms with Gasteiger partial charge in [0, 0.05) is 12.6 Å². The Kier molecular flexibility index (Phi) is 4.01. The second kappa shape index (κ2) is 5.71. The van der Waals surface area contributed by atoms with Crippen molar-refractivity contribution in [1.29, 1.82) is 0 Å². The highest BCUT2D eigenvalue weighted by atomic mass is 32.2. The summed E-state index contributed by atoms with van der Waals surface area (Å²) in [6.07, 6.45) is 0. The molecule has 0 radical (unpaired) electrons. The molecule has 19 heavy (non-hydrogen) atoms. The van der Waals surface area contributed by atoms with Gasteiger partial charge in [-0.2, -0.15) is 4.98 Å². The van der Waals surface area contributed by atoms with E-state index < -0.39 is 0 Å². The van der Waals surface area contributed by atoms with Crippen LogP contribution in [0.5, 0.6) is 5.88 Å². The Morgan fingerprint density at radius 3 is 2.74 bits per heavy atom. The number of thioether (sulfide) groups is 1. The van der Waals surface area contributed by atoms with Crippen LogP contribution in [0.4, 0.5) is 0 Å². The Morgan fingerprint density at radius 2 is 2.05 bits per heavy atom. The predicted molar refractivity (Wildman–Crippen MR) is 72.6 cm³/mol. The van der Waals surface area contributed by atoms with Gasteiger partial charge in [-0.3, -0.25) is 14.2 Å². The number of carbonyl (C=O) groups is 1. The Morgan fingerprint density at radius 1 is 1.37 bits per heavy atom. The van der Waals surface area contributed by atoms with Crippen LogP contribution in [0.25, 0.3) is 0 Å². The molecule has 5 nitrogen and oxygen atoms in total. The lowest BCUT2D eigenvalue weighted by atomic mass is 10.2. The number of Topliss-reactive ketones (excluding diaryl/α,β-unsaturated/α-hetero) is 1. The summed E-state index contributed by atoms with van der Waals surface area (Å²) in [5.74, 6) is -0.228. The number of aromatic hydroxyl groups is 1. The van der Waals surface area contributed by atoms with Crippen LogP contribution in [-0.2, 0) is 7.05 Å². The molecule has 2 rings (SSSR count). The summed E-state index contributed by atoms with van der Waals surface area (Å²) in [7, 11) is 1.55. The van der Waals surface area contributed by atoms with E-state index in [2.05, 4.69) is 4.98 Å². The minimum atomic E-state index is -0.359. The van der Waals surface area contributed by atoms with Crippen molar-refractivity contribution in [1.82, 2.24) is 9.55 Å². The van der Waals surface area contributed by atoms with E-state index in [-0.39, 0.29) is 23.0 Å². The van der Waals surface area contributed by atoms with Crippen molar-refractivity contribution in [2.45, 2.75) is 5.16 Å². The van der Waals surface area contributed by atoms with E-state index in [1.807, 2.05) is 6.07 Å². The van der Waals surface area contributed by atoms with Crippen molar-refractivity contribution in [2.24, 2.45) is 7.05 Å². The quantitative estimate of drug-likeness (QED) is 0.520. The summed E-state index contributed by atoms with van der Waals surface area (Å²) in [5, 5.41) is 9.59. The van der Waals surface area contributed by atoms with Gasteiger partial charge in [0.2, 0.25) is 5.88 Å². The van der Waals surface area contributed by atoms with Crippen molar-refractivity contribution in [2.75, 3.05) is 5.75 Å². The number of carbonyl (C=O) groups excluding carboxylic acids is 1. The molecule has 6 heteroatoms. The summed E-state index contributed by atoms with van der Waals surface area (Å²) in [6.45, 7) is 0. The van der Waals surface area contributed by atoms with E-state index in [9.17, 15) is 14.7 Å². The van der Waals surface area contributed by atoms with Crippen molar-refractivity contribution in [3.63, 3.8) is 0 Å². The average molecular weight is 276 g/mol. The van der Waals surface area contributed by atoms with E-state index in [1.54, 1.807) is 31.3 Å². The van der Waals surface area contributed by atoms with Gasteiger partial charge >= 0.3 is 0 Å². The molecule has 0 amide bonds. The Balaban J connectivity index is 2.12. The van der Waals surface area contributed by atoms with Gasteiger partial charge in [0.05, 0.1) is 11.8 Å². The third kappa shape index (κ3) is 3.23. The third-order valence-electron chi connectivity index (χ3n) is 2.51. The molecule has 2 aromatic rings. The molecule has 0 aliphatic heterocycles. The van der Waals surface area contributed by atoms with Gasteiger partial charge in [0.25, 0.3) is 5.56 Å². The average Bonchev–Trinajstić information content (AvgIpc) is 2.41. The molecule has 1 N–H and O–H groups in total. The van der Waals surface area contributed by atoms with Crippen LogP contribution in [0.15, 0.2) is 46.3 Å². The summed E-state index contributed by atoms with van der Waals surface area (Å²) in [5.41, 5.74) is 0.252. The molecule has 0 unspecified atom stereocenters. The van der Waals surface area contributed by atoms with Crippen molar-refractivity contribution in [3.05, 3.63) is 52.3 Å². The van der Waals surface area contributed by atoms with Crippen molar-refractivity contribution < 1.29 is 9.90 Å². The summed E-state index contributed by atoms with van der Waals surface area (Å²) in [6, 6.07) is 9.92. The molecular formula is C13H12N2O3S. The predicted octanol–water partition coefficient (Wildman–Crippen LogP) is 1.46. The van der Waals surface area contributed by atoms with E-state index in [4.69, 9.17) is 0 Å². The van der Waals surface area contributed by atoms with Crippen LogP contribution < -0.4 is 5.56 Å². The van der Waals surface area contributed by atoms with E-state index in [1.165, 1.54) is 4.57 Å². The zero-order valence-electron chi connectivity index (χ0n) is 10.2. The van der Waals surface area contributed by atoms with Gasteiger partial charge in [-0.05, 0) is 0 Å². The Hall–Kier alpha value is -2.08. The molecular weight excluding hydrogens is 264 g/mol. The van der Waals surface area contributed by atoms with Gasteiger partial charge in [0.15, 0.2) is 10.9 Å². The first-order chi connectivity index (χ1) is 9.08. The molecule has 0 spiro atoms. The molecule has 1 aromatic heterocycles. The van der Waals surface area contributed by atoms with Gasteiger partial charge < -0.3 is 5.11 Å². The van der Waals surface area contributed by atoms with Gasteiger partial charge in [-0.25, -0.2) is 0 Å². The lowest BCUT2D eigenvalue weighted by Gasteiger charge is -2.06. The second-order valence-corrected chi connectivity index (χ2v) is 4.81. The number of hydrogen-bond donors (Lipinski definition) is 1. The van der Waals surface area contributed by atoms with Crippen LogP contribution in [0.3, 0.4) is 0 Å². The molecule has 98 valence electrons. The highest BCUT2D eigenvalue weighted by molar-refractivity contribution is 7.99. The van der Waals surface area contributed by atoms with E-state index in [0.29, 0.717) is 10.7 Å². The normalized spacial score (nSPS) is 10.4. The maximum Gasteiger partial charge on any atom is 0.257 e. The van der Waals surface area contributed by atoms with Crippen LogP contribution in [0.2, 0.25) is 0 Å². The summed E-state index contributed by atoms with van der Waals surface area (Å²) < 4.78 is 1.29. The fraction of sp³-hybridized carbons (Fsp3) is 0.154. The molecule has 0 aliphatic rings. The van der Waals surface area contributed by atoms with Crippen molar-refractivity contribution in [3.8, 4) is 5.88 Å². The first kappa shape index (κ1) is 13.4. The molecule has 1 aromatic carbocycles. The minimum absolute atomic E-state index is 0.0526. The topological polar surface area (TPSA) is 72.2 Å². The molecule has 1 heterocycles. The number of rotatable bonds is 4. The van der Waals surface area contributed by atoms with Gasteiger partial charge in [0.1, 0.15) is 0 Å². The number of ketones is 1. The van der Waals surface area contributed by atoms with Gasteiger partial charge in [-0.1, -0.05) is 42.1 Å². The molecule has 0 saturated carbocycles. The van der Waals surface area contributed by atoms with E-state index in [0.717, 1.165) is 17.8 Å². The zero-order valence-corrected chi connectivity index (χ0v) is 11.1. The number of hydrogen-bond acceptors (Lipinski definition) is 5. The largest absolute Gasteiger partial charge is 0.493 e. The lowest BCUT2D eigenvalue weighted by Crippen LogP contribution is -2.18. The molecule has 0 saturated heterocycles. The van der Waals surface area contributed by atoms with E-state index >= 15 is 0 Å². The summed E-state index contributed by atoms with van der Waals surface area (Å²) >= 11 is 1.12. The zero-order chi connectivity index (χ0) is 13.8. The standard InChI is InChI=1S/C13H12N2O3S/c1-15-12(18)7-11(17)14-13(15)19-8-10(16)9-5-3-2-4-6-9/h2-7,17H,8H2,1H3. The SMILES string of the molecule is Cn1c(SCC(=O)c2ccccc2)nc(O)cc1=O. The molecule has 0 atom stereocenters. The maximum atomic E-state index is 11.9. The highest BCUT2D eigenvalue weighted by Crippen LogP contribution is 2.17. The monoisotopic (exact) mass is 276 g/mol. The summed E-state index contributed by atoms with van der Waals surface area (Å²) in [4.78, 5) is 27.2. The first-order valence-corrected chi connectivity index (χ1v) is 6.54. The Bertz CT molecular complexity index is 653. The maximum absolute atomic E-state index is 11.9. The smallest absolute Gasteiger partial charge is 0.257 e. The van der Waals surface area contributed by atoms with Crippen LogP contribution in [0.1, 0.15) is 10.4 Å². The molecule has 0 fully saturated rings. The number of benzene rings is 1. The number of nitrogens with zero attached hydrogens (tertiary/aromatic N) is 2.